The van der Waals surface area contributed by atoms with Crippen LogP contribution in [0.3, 0.4) is 0 Å². The molecular formula is C10H10ClN3O2S. The zero-order chi connectivity index (χ0) is 12.3. The average Bonchev–Trinajstić information content (AvgIpc) is 2.79. The molecule has 0 fully saturated rings. The molecule has 1 aromatic carbocycles. The summed E-state index contributed by atoms with van der Waals surface area (Å²) in [4.78, 5) is 6.87. The third-order valence-corrected chi connectivity index (χ3v) is 3.72. The van der Waals surface area contributed by atoms with E-state index < -0.39 is 10.0 Å². The minimum atomic E-state index is -3.55. The first-order valence-electron chi connectivity index (χ1n) is 4.81. The molecule has 0 atom stereocenters. The van der Waals surface area contributed by atoms with Gasteiger partial charge < -0.3 is 4.98 Å². The molecule has 0 bridgehead atoms. The quantitative estimate of drug-likeness (QED) is 0.886. The molecule has 0 unspecified atom stereocenters. The minimum Gasteiger partial charge on any atom is -0.347 e. The van der Waals surface area contributed by atoms with Gasteiger partial charge in [-0.3, -0.25) is 0 Å². The number of H-pyrrole nitrogens is 1. The first-order valence-corrected chi connectivity index (χ1v) is 6.67. The highest BCUT2D eigenvalue weighted by atomic mass is 35.5. The van der Waals surface area contributed by atoms with E-state index in [1.165, 1.54) is 12.1 Å². The summed E-state index contributed by atoms with van der Waals surface area (Å²) in [6.45, 7) is 0.113. The Hall–Kier alpha value is -1.37. The van der Waals surface area contributed by atoms with E-state index in [9.17, 15) is 8.42 Å². The van der Waals surface area contributed by atoms with Gasteiger partial charge >= 0.3 is 0 Å². The van der Waals surface area contributed by atoms with E-state index in [2.05, 4.69) is 14.7 Å². The lowest BCUT2D eigenvalue weighted by atomic mass is 10.4. The Morgan fingerprint density at radius 2 is 2.24 bits per heavy atom. The fourth-order valence-corrected chi connectivity index (χ4v) is 2.56. The Balaban J connectivity index is 2.14. The lowest BCUT2D eigenvalue weighted by Gasteiger charge is -2.05. The molecule has 0 saturated heterocycles. The van der Waals surface area contributed by atoms with Crippen molar-refractivity contribution in [3.05, 3.63) is 47.5 Å². The van der Waals surface area contributed by atoms with Crippen LogP contribution in [0.4, 0.5) is 0 Å². The lowest BCUT2D eigenvalue weighted by molar-refractivity contribution is 0.579. The number of sulfonamides is 1. The van der Waals surface area contributed by atoms with Crippen LogP contribution in [0.25, 0.3) is 0 Å². The number of hydrogen-bond donors (Lipinski definition) is 2. The molecule has 0 aliphatic carbocycles. The van der Waals surface area contributed by atoms with E-state index in [4.69, 9.17) is 11.6 Å². The maximum Gasteiger partial charge on any atom is 0.241 e. The van der Waals surface area contributed by atoms with Gasteiger partial charge in [-0.1, -0.05) is 17.7 Å². The Labute approximate surface area is 104 Å². The Morgan fingerprint density at radius 3 is 2.88 bits per heavy atom. The highest BCUT2D eigenvalue weighted by molar-refractivity contribution is 7.89. The zero-order valence-electron chi connectivity index (χ0n) is 8.72. The van der Waals surface area contributed by atoms with Gasteiger partial charge in [-0.25, -0.2) is 18.1 Å². The number of hydrogen-bond acceptors (Lipinski definition) is 3. The van der Waals surface area contributed by atoms with Crippen LogP contribution in [0.5, 0.6) is 0 Å². The van der Waals surface area contributed by atoms with E-state index in [1.807, 2.05) is 0 Å². The van der Waals surface area contributed by atoms with Crippen molar-refractivity contribution in [1.82, 2.24) is 14.7 Å². The van der Waals surface area contributed by atoms with Gasteiger partial charge in [0.2, 0.25) is 10.0 Å². The maximum atomic E-state index is 11.9. The van der Waals surface area contributed by atoms with Gasteiger partial charge in [-0.15, -0.1) is 0 Å². The van der Waals surface area contributed by atoms with Crippen LogP contribution in [0, 0.1) is 0 Å². The SMILES string of the molecule is O=S(=O)(NCc1ncc[nH]1)c1cccc(Cl)c1. The number of benzene rings is 1. The van der Waals surface area contributed by atoms with Gasteiger partial charge in [0.15, 0.2) is 0 Å². The Morgan fingerprint density at radius 1 is 1.41 bits per heavy atom. The number of aromatic amines is 1. The number of rotatable bonds is 4. The second kappa shape index (κ2) is 4.87. The van der Waals surface area contributed by atoms with E-state index in [-0.39, 0.29) is 11.4 Å². The standard InChI is InChI=1S/C10H10ClN3O2S/c11-8-2-1-3-9(6-8)17(15,16)14-7-10-12-4-5-13-10/h1-6,14H,7H2,(H,12,13). The van der Waals surface area contributed by atoms with Crippen LogP contribution in [-0.2, 0) is 16.6 Å². The summed E-state index contributed by atoms with van der Waals surface area (Å²) in [6.07, 6.45) is 3.19. The van der Waals surface area contributed by atoms with Crippen molar-refractivity contribution in [2.75, 3.05) is 0 Å². The molecule has 2 aromatic rings. The summed E-state index contributed by atoms with van der Waals surface area (Å²) in [5.41, 5.74) is 0. The predicted molar refractivity (Wildman–Crippen MR) is 64.1 cm³/mol. The average molecular weight is 272 g/mol. The molecule has 5 nitrogen and oxygen atoms in total. The van der Waals surface area contributed by atoms with E-state index in [0.29, 0.717) is 10.8 Å². The summed E-state index contributed by atoms with van der Waals surface area (Å²) in [6, 6.07) is 6.08. The fraction of sp³-hybridized carbons (Fsp3) is 0.100. The normalized spacial score (nSPS) is 11.6. The molecule has 1 aromatic heterocycles. The first kappa shape index (κ1) is 12.1. The van der Waals surface area contributed by atoms with Gasteiger partial charge in [0.05, 0.1) is 11.4 Å². The molecule has 0 aliphatic heterocycles. The number of imidazole rings is 1. The molecule has 0 radical (unpaired) electrons. The Bertz CT molecular complexity index is 596. The second-order valence-corrected chi connectivity index (χ2v) is 5.52. The number of aromatic nitrogens is 2. The largest absolute Gasteiger partial charge is 0.347 e. The van der Waals surface area contributed by atoms with Crippen molar-refractivity contribution in [2.24, 2.45) is 0 Å². The van der Waals surface area contributed by atoms with Crippen LogP contribution in [0.15, 0.2) is 41.6 Å². The molecule has 0 aliphatic rings. The fourth-order valence-electron chi connectivity index (χ4n) is 1.28. The molecule has 1 heterocycles. The number of nitrogens with zero attached hydrogens (tertiary/aromatic N) is 1. The molecule has 7 heteroatoms. The molecule has 0 amide bonds. The molecule has 0 saturated carbocycles. The Kier molecular flexibility index (Phi) is 3.46. The van der Waals surface area contributed by atoms with Gasteiger partial charge in [0.1, 0.15) is 5.82 Å². The van der Waals surface area contributed by atoms with Gasteiger partial charge in [-0.2, -0.15) is 0 Å². The monoisotopic (exact) mass is 271 g/mol. The summed E-state index contributed by atoms with van der Waals surface area (Å²) in [5, 5.41) is 0.380. The van der Waals surface area contributed by atoms with Crippen LogP contribution in [0.1, 0.15) is 5.82 Å². The number of nitrogens with one attached hydrogen (secondary N) is 2. The maximum absolute atomic E-state index is 11.9. The highest BCUT2D eigenvalue weighted by Crippen LogP contribution is 2.15. The summed E-state index contributed by atoms with van der Waals surface area (Å²) in [5.74, 6) is 0.551. The summed E-state index contributed by atoms with van der Waals surface area (Å²) < 4.78 is 26.2. The van der Waals surface area contributed by atoms with Crippen molar-refractivity contribution < 1.29 is 8.42 Å². The highest BCUT2D eigenvalue weighted by Gasteiger charge is 2.14. The number of halogens is 1. The van der Waals surface area contributed by atoms with Crippen LogP contribution < -0.4 is 4.72 Å². The van der Waals surface area contributed by atoms with Crippen LogP contribution in [0.2, 0.25) is 5.02 Å². The molecule has 2 N–H and O–H groups in total. The van der Waals surface area contributed by atoms with Gasteiger partial charge in [0.25, 0.3) is 0 Å². The molecule has 2 rings (SSSR count). The first-order chi connectivity index (χ1) is 8.08. The zero-order valence-corrected chi connectivity index (χ0v) is 10.3. The van der Waals surface area contributed by atoms with E-state index >= 15 is 0 Å². The van der Waals surface area contributed by atoms with E-state index in [1.54, 1.807) is 24.5 Å². The van der Waals surface area contributed by atoms with Crippen molar-refractivity contribution in [2.45, 2.75) is 11.4 Å². The molecule has 0 spiro atoms. The minimum absolute atomic E-state index is 0.113. The molecule has 17 heavy (non-hydrogen) atoms. The van der Waals surface area contributed by atoms with Gasteiger partial charge in [-0.05, 0) is 18.2 Å². The summed E-state index contributed by atoms with van der Waals surface area (Å²) in [7, 11) is -3.55. The van der Waals surface area contributed by atoms with Crippen molar-refractivity contribution in [3.63, 3.8) is 0 Å². The molecule has 90 valence electrons. The predicted octanol–water partition coefficient (Wildman–Crippen LogP) is 1.54. The second-order valence-electron chi connectivity index (χ2n) is 3.32. The topological polar surface area (TPSA) is 74.8 Å². The van der Waals surface area contributed by atoms with Crippen LogP contribution >= 0.6 is 11.6 Å². The summed E-state index contributed by atoms with van der Waals surface area (Å²) >= 11 is 5.74. The third-order valence-electron chi connectivity index (χ3n) is 2.09. The smallest absolute Gasteiger partial charge is 0.241 e. The third kappa shape index (κ3) is 3.06. The van der Waals surface area contributed by atoms with E-state index in [0.717, 1.165) is 0 Å². The molecular weight excluding hydrogens is 262 g/mol. The van der Waals surface area contributed by atoms with Crippen molar-refractivity contribution in [1.29, 1.82) is 0 Å². The lowest BCUT2D eigenvalue weighted by Crippen LogP contribution is -2.23. The van der Waals surface area contributed by atoms with Crippen molar-refractivity contribution >= 4 is 21.6 Å². The van der Waals surface area contributed by atoms with Crippen LogP contribution in [-0.4, -0.2) is 18.4 Å². The van der Waals surface area contributed by atoms with Gasteiger partial charge in [0, 0.05) is 17.4 Å². The van der Waals surface area contributed by atoms with Crippen molar-refractivity contribution in [3.8, 4) is 0 Å².